The van der Waals surface area contributed by atoms with Crippen molar-refractivity contribution < 1.29 is 14.6 Å². The number of carbonyl (C=O) groups excluding carboxylic acids is 1. The molecule has 3 aromatic rings. The molecule has 1 amide bonds. The van der Waals surface area contributed by atoms with Gasteiger partial charge in [-0.2, -0.15) is 0 Å². The molecular weight excluding hydrogens is 462 g/mol. The van der Waals surface area contributed by atoms with Gasteiger partial charge in [0, 0.05) is 38.8 Å². The summed E-state index contributed by atoms with van der Waals surface area (Å²) in [4.78, 5) is 28.5. The van der Waals surface area contributed by atoms with Crippen molar-refractivity contribution in [3.8, 4) is 5.75 Å². The van der Waals surface area contributed by atoms with Gasteiger partial charge in [-0.05, 0) is 55.9 Å². The van der Waals surface area contributed by atoms with Crippen molar-refractivity contribution in [2.24, 2.45) is 0 Å². The highest BCUT2D eigenvalue weighted by molar-refractivity contribution is 7.20. The lowest BCUT2D eigenvalue weighted by Gasteiger charge is -2.41. The number of piperidine rings is 2. The maximum absolute atomic E-state index is 13.5. The van der Waals surface area contributed by atoms with Gasteiger partial charge in [0.2, 0.25) is 0 Å². The van der Waals surface area contributed by atoms with Crippen LogP contribution in [0.2, 0.25) is 0 Å². The summed E-state index contributed by atoms with van der Waals surface area (Å²) in [5.74, 6) is 1.66. The Morgan fingerprint density at radius 1 is 1.17 bits per heavy atom. The molecule has 1 aromatic carbocycles. The second-order valence-corrected chi connectivity index (χ2v) is 10.5. The Balaban J connectivity index is 1.27. The number of thiophene rings is 1. The lowest BCUT2D eigenvalue weighted by atomic mass is 9.98. The number of methoxy groups -OCH3 is 1. The number of nitrogens with zero attached hydrogens (tertiary/aromatic N) is 4. The van der Waals surface area contributed by atoms with Gasteiger partial charge >= 0.3 is 0 Å². The first-order chi connectivity index (χ1) is 17.0. The largest absolute Gasteiger partial charge is 0.497 e. The number of benzene rings is 1. The van der Waals surface area contributed by atoms with Gasteiger partial charge in [0.1, 0.15) is 22.7 Å². The van der Waals surface area contributed by atoms with Crippen molar-refractivity contribution >= 4 is 33.3 Å². The van der Waals surface area contributed by atoms with E-state index in [9.17, 15) is 9.90 Å². The van der Waals surface area contributed by atoms with Gasteiger partial charge in [-0.1, -0.05) is 12.1 Å². The van der Waals surface area contributed by atoms with Gasteiger partial charge in [0.25, 0.3) is 5.91 Å². The van der Waals surface area contributed by atoms with Crippen LogP contribution in [0, 0.1) is 6.92 Å². The normalized spacial score (nSPS) is 18.2. The molecule has 9 heteroatoms. The third-order valence-corrected chi connectivity index (χ3v) is 8.47. The molecule has 5 rings (SSSR count). The predicted molar refractivity (Wildman–Crippen MR) is 138 cm³/mol. The lowest BCUT2D eigenvalue weighted by molar-refractivity contribution is 0.0358. The topological polar surface area (TPSA) is 90.8 Å². The molecule has 0 radical (unpaired) electrons. The summed E-state index contributed by atoms with van der Waals surface area (Å²) in [5, 5.41) is 14.1. The van der Waals surface area contributed by atoms with E-state index in [4.69, 9.17) is 4.74 Å². The van der Waals surface area contributed by atoms with E-state index in [0.717, 1.165) is 89.7 Å². The zero-order valence-electron chi connectivity index (χ0n) is 20.4. The molecule has 0 spiro atoms. The average molecular weight is 496 g/mol. The number of hydrogen-bond acceptors (Lipinski definition) is 8. The van der Waals surface area contributed by atoms with Crippen LogP contribution in [0.4, 0.5) is 5.82 Å². The number of aliphatic hydroxyl groups excluding tert-OH is 1. The summed E-state index contributed by atoms with van der Waals surface area (Å²) in [6.07, 6.45) is 5.09. The smallest absolute Gasteiger partial charge is 0.264 e. The molecule has 2 N–H and O–H groups in total. The number of carbonyl (C=O) groups is 1. The minimum absolute atomic E-state index is 0.0942. The van der Waals surface area contributed by atoms with Crippen molar-refractivity contribution in [1.82, 2.24) is 19.8 Å². The number of aliphatic hydroxyl groups is 1. The molecule has 0 unspecified atom stereocenters. The van der Waals surface area contributed by atoms with Crippen LogP contribution in [-0.2, 0) is 6.54 Å². The molecule has 2 aromatic heterocycles. The summed E-state index contributed by atoms with van der Waals surface area (Å²) in [6, 6.07) is 8.44. The quantitative estimate of drug-likeness (QED) is 0.539. The number of nitrogens with one attached hydrogen (secondary N) is 1. The molecule has 186 valence electrons. The van der Waals surface area contributed by atoms with E-state index in [-0.39, 0.29) is 12.0 Å². The van der Waals surface area contributed by atoms with E-state index in [1.807, 2.05) is 36.1 Å². The maximum Gasteiger partial charge on any atom is 0.264 e. The second kappa shape index (κ2) is 10.5. The van der Waals surface area contributed by atoms with Gasteiger partial charge in [0.05, 0.1) is 23.5 Å². The molecule has 0 aliphatic carbocycles. The number of anilines is 1. The van der Waals surface area contributed by atoms with Crippen molar-refractivity contribution in [2.45, 2.75) is 51.3 Å². The van der Waals surface area contributed by atoms with Crippen LogP contribution in [0.25, 0.3) is 10.2 Å². The number of rotatable bonds is 6. The van der Waals surface area contributed by atoms with E-state index in [0.29, 0.717) is 12.6 Å². The zero-order valence-corrected chi connectivity index (χ0v) is 21.2. The van der Waals surface area contributed by atoms with Crippen LogP contribution in [0.5, 0.6) is 5.75 Å². The maximum atomic E-state index is 13.5. The fourth-order valence-electron chi connectivity index (χ4n) is 5.21. The summed E-state index contributed by atoms with van der Waals surface area (Å²) < 4.78 is 5.32. The summed E-state index contributed by atoms with van der Waals surface area (Å²) >= 11 is 1.46. The number of fused-ring (bicyclic) bond motifs is 1. The first-order valence-electron chi connectivity index (χ1n) is 12.4. The Bertz CT molecular complexity index is 1180. The number of ether oxygens (including phenoxy) is 1. The Morgan fingerprint density at radius 3 is 2.69 bits per heavy atom. The number of hydrogen-bond donors (Lipinski definition) is 2. The highest BCUT2D eigenvalue weighted by atomic mass is 32.1. The van der Waals surface area contributed by atoms with Gasteiger partial charge < -0.3 is 25.0 Å². The monoisotopic (exact) mass is 495 g/mol. The molecule has 2 aliphatic rings. The van der Waals surface area contributed by atoms with Crippen molar-refractivity contribution in [1.29, 1.82) is 0 Å². The molecular formula is C26H33N5O3S. The molecule has 0 saturated carbocycles. The minimum Gasteiger partial charge on any atom is -0.497 e. The second-order valence-electron chi connectivity index (χ2n) is 9.45. The van der Waals surface area contributed by atoms with Gasteiger partial charge in [0.15, 0.2) is 0 Å². The lowest BCUT2D eigenvalue weighted by Crippen LogP contribution is -2.49. The minimum atomic E-state index is -0.151. The van der Waals surface area contributed by atoms with Crippen LogP contribution in [0.1, 0.15) is 46.5 Å². The van der Waals surface area contributed by atoms with Crippen LogP contribution < -0.4 is 10.1 Å². The first-order valence-corrected chi connectivity index (χ1v) is 13.2. The van der Waals surface area contributed by atoms with Crippen LogP contribution in [0.15, 0.2) is 30.6 Å². The fourth-order valence-corrected chi connectivity index (χ4v) is 6.32. The predicted octanol–water partition coefficient (Wildman–Crippen LogP) is 3.68. The van der Waals surface area contributed by atoms with E-state index < -0.39 is 0 Å². The zero-order chi connectivity index (χ0) is 24.4. The average Bonchev–Trinajstić information content (AvgIpc) is 3.24. The standard InChI is InChI=1S/C26H33N5O3S/c1-17-22-24(27-15-18-4-3-5-21(14-18)34-2)28-16-29-25(22)35-23(17)26(33)31-10-6-19(7-11-31)30-12-8-20(32)9-13-30/h3-5,14,16,19-20,32H,6-13,15H2,1-2H3,(H,27,28,29). The summed E-state index contributed by atoms with van der Waals surface area (Å²) in [5.41, 5.74) is 2.03. The van der Waals surface area contributed by atoms with E-state index in [1.165, 1.54) is 11.3 Å². The molecule has 35 heavy (non-hydrogen) atoms. The van der Waals surface area contributed by atoms with Gasteiger partial charge in [-0.15, -0.1) is 11.3 Å². The molecule has 0 bridgehead atoms. The van der Waals surface area contributed by atoms with E-state index in [1.54, 1.807) is 13.4 Å². The number of amides is 1. The highest BCUT2D eigenvalue weighted by Gasteiger charge is 2.31. The fraction of sp³-hybridized carbons (Fsp3) is 0.500. The van der Waals surface area contributed by atoms with Crippen molar-refractivity contribution in [3.63, 3.8) is 0 Å². The van der Waals surface area contributed by atoms with Crippen LogP contribution >= 0.6 is 11.3 Å². The number of aryl methyl sites for hydroxylation is 1. The van der Waals surface area contributed by atoms with Gasteiger partial charge in [-0.25, -0.2) is 9.97 Å². The molecule has 2 saturated heterocycles. The molecule has 2 aliphatic heterocycles. The third-order valence-electron chi connectivity index (χ3n) is 7.28. The molecule has 4 heterocycles. The van der Waals surface area contributed by atoms with Crippen molar-refractivity contribution in [2.75, 3.05) is 38.6 Å². The molecule has 0 atom stereocenters. The van der Waals surface area contributed by atoms with E-state index >= 15 is 0 Å². The SMILES string of the molecule is COc1cccc(CNc2ncnc3sc(C(=O)N4CCC(N5CCC(O)CC5)CC4)c(C)c23)c1. The third kappa shape index (κ3) is 5.12. The molecule has 2 fully saturated rings. The summed E-state index contributed by atoms with van der Waals surface area (Å²) in [6.45, 7) is 6.05. The van der Waals surface area contributed by atoms with Crippen molar-refractivity contribution in [3.05, 3.63) is 46.6 Å². The Morgan fingerprint density at radius 2 is 1.94 bits per heavy atom. The Labute approximate surface area is 209 Å². The first kappa shape index (κ1) is 24.0. The summed E-state index contributed by atoms with van der Waals surface area (Å²) in [7, 11) is 1.66. The molecule has 8 nitrogen and oxygen atoms in total. The Hall–Kier alpha value is -2.75. The van der Waals surface area contributed by atoms with Crippen LogP contribution in [-0.4, -0.2) is 76.2 Å². The van der Waals surface area contributed by atoms with E-state index in [2.05, 4.69) is 20.2 Å². The van der Waals surface area contributed by atoms with Gasteiger partial charge in [-0.3, -0.25) is 4.79 Å². The number of likely N-dealkylation sites (tertiary alicyclic amines) is 2. The Kier molecular flexibility index (Phi) is 7.17. The highest BCUT2D eigenvalue weighted by Crippen LogP contribution is 2.35. The van der Waals surface area contributed by atoms with Crippen LogP contribution in [0.3, 0.4) is 0 Å². The number of aromatic nitrogens is 2.